The van der Waals surface area contributed by atoms with Gasteiger partial charge in [-0.3, -0.25) is 4.79 Å². The number of hydrogen-bond donors (Lipinski definition) is 1. The molecule has 0 saturated carbocycles. The van der Waals surface area contributed by atoms with E-state index >= 15 is 0 Å². The predicted molar refractivity (Wildman–Crippen MR) is 99.4 cm³/mol. The van der Waals surface area contributed by atoms with Gasteiger partial charge in [-0.25, -0.2) is 4.39 Å². The van der Waals surface area contributed by atoms with E-state index in [2.05, 4.69) is 6.92 Å². The lowest BCUT2D eigenvalue weighted by molar-refractivity contribution is 0.0781. The van der Waals surface area contributed by atoms with Gasteiger partial charge in [0.25, 0.3) is 5.91 Å². The fourth-order valence-electron chi connectivity index (χ4n) is 3.02. The zero-order valence-electron chi connectivity index (χ0n) is 13.8. The van der Waals surface area contributed by atoms with Crippen molar-refractivity contribution in [3.05, 3.63) is 45.9 Å². The highest BCUT2D eigenvalue weighted by Gasteiger charge is 2.35. The summed E-state index contributed by atoms with van der Waals surface area (Å²) >= 11 is 1.50. The Labute approximate surface area is 152 Å². The molecule has 1 fully saturated rings. The zero-order chi connectivity index (χ0) is 16.6. The summed E-state index contributed by atoms with van der Waals surface area (Å²) in [6, 6.07) is 8.32. The van der Waals surface area contributed by atoms with Crippen molar-refractivity contribution in [2.75, 3.05) is 19.6 Å². The lowest BCUT2D eigenvalue weighted by Crippen LogP contribution is -2.34. The quantitative estimate of drug-likeness (QED) is 0.886. The van der Waals surface area contributed by atoms with Gasteiger partial charge in [0.05, 0.1) is 4.88 Å². The molecule has 1 aromatic carbocycles. The normalized spacial score (nSPS) is 20.1. The summed E-state index contributed by atoms with van der Waals surface area (Å²) in [7, 11) is 0. The summed E-state index contributed by atoms with van der Waals surface area (Å²) in [5.41, 5.74) is 7.79. The van der Waals surface area contributed by atoms with Crippen molar-refractivity contribution in [2.45, 2.75) is 20.3 Å². The Morgan fingerprint density at radius 2 is 2.04 bits per heavy atom. The van der Waals surface area contributed by atoms with Crippen LogP contribution in [0.2, 0.25) is 0 Å². The van der Waals surface area contributed by atoms with E-state index in [1.165, 1.54) is 23.5 Å². The Hall–Kier alpha value is -1.43. The standard InChI is InChI=1S/C18H21FN2OS.ClH/c1-12-15(13-3-5-14(19)6-4-13)9-16(23-12)17(22)21-8-7-18(2,10-20)11-21;/h3-6,9H,7-8,10-11,20H2,1-2H3;1H. The predicted octanol–water partition coefficient (Wildman–Crippen LogP) is 4.10. The van der Waals surface area contributed by atoms with Crippen LogP contribution in [0.4, 0.5) is 4.39 Å². The summed E-state index contributed by atoms with van der Waals surface area (Å²) in [6.45, 7) is 6.19. The maximum absolute atomic E-state index is 13.1. The number of aryl methyl sites for hydroxylation is 1. The third-order valence-corrected chi connectivity index (χ3v) is 5.66. The van der Waals surface area contributed by atoms with Gasteiger partial charge in [0.15, 0.2) is 0 Å². The van der Waals surface area contributed by atoms with Crippen LogP contribution >= 0.6 is 23.7 Å². The van der Waals surface area contributed by atoms with Gasteiger partial charge in [-0.2, -0.15) is 0 Å². The van der Waals surface area contributed by atoms with E-state index in [0.717, 1.165) is 33.8 Å². The number of nitrogens with zero attached hydrogens (tertiary/aromatic N) is 1. The molecule has 1 unspecified atom stereocenters. The first-order valence-corrected chi connectivity index (χ1v) is 8.59. The van der Waals surface area contributed by atoms with Crippen molar-refractivity contribution in [1.82, 2.24) is 4.90 Å². The van der Waals surface area contributed by atoms with E-state index < -0.39 is 0 Å². The third-order valence-electron chi connectivity index (χ3n) is 4.62. The Kier molecular flexibility index (Phi) is 5.68. The average molecular weight is 369 g/mol. The van der Waals surface area contributed by atoms with Crippen LogP contribution < -0.4 is 5.73 Å². The summed E-state index contributed by atoms with van der Waals surface area (Å²) in [4.78, 5) is 16.4. The van der Waals surface area contributed by atoms with E-state index in [1.807, 2.05) is 17.9 Å². The molecule has 1 saturated heterocycles. The van der Waals surface area contributed by atoms with E-state index in [9.17, 15) is 9.18 Å². The number of halogens is 2. The maximum Gasteiger partial charge on any atom is 0.263 e. The highest BCUT2D eigenvalue weighted by atomic mass is 35.5. The van der Waals surface area contributed by atoms with Crippen LogP contribution in [0, 0.1) is 18.2 Å². The van der Waals surface area contributed by atoms with Crippen LogP contribution in [0.15, 0.2) is 30.3 Å². The van der Waals surface area contributed by atoms with Crippen LogP contribution in [0.25, 0.3) is 11.1 Å². The first kappa shape index (κ1) is 18.9. The molecule has 1 aliphatic heterocycles. The van der Waals surface area contributed by atoms with Crippen molar-refractivity contribution < 1.29 is 9.18 Å². The second-order valence-electron chi connectivity index (χ2n) is 6.58. The van der Waals surface area contributed by atoms with Crippen LogP contribution in [-0.2, 0) is 0 Å². The van der Waals surface area contributed by atoms with Gasteiger partial charge >= 0.3 is 0 Å². The van der Waals surface area contributed by atoms with E-state index in [0.29, 0.717) is 13.1 Å². The van der Waals surface area contributed by atoms with Crippen LogP contribution in [0.3, 0.4) is 0 Å². The SMILES string of the molecule is Cc1sc(C(=O)N2CCC(C)(CN)C2)cc1-c1ccc(F)cc1.Cl. The van der Waals surface area contributed by atoms with E-state index in [-0.39, 0.29) is 29.5 Å². The molecule has 3 rings (SSSR count). The van der Waals surface area contributed by atoms with Crippen molar-refractivity contribution in [3.8, 4) is 11.1 Å². The van der Waals surface area contributed by atoms with Crippen molar-refractivity contribution in [3.63, 3.8) is 0 Å². The summed E-state index contributed by atoms with van der Waals surface area (Å²) in [5.74, 6) is -0.181. The second kappa shape index (κ2) is 7.21. The van der Waals surface area contributed by atoms with Crippen molar-refractivity contribution >= 4 is 29.7 Å². The highest BCUT2D eigenvalue weighted by Crippen LogP contribution is 2.34. The number of thiophene rings is 1. The van der Waals surface area contributed by atoms with Crippen molar-refractivity contribution in [2.24, 2.45) is 11.1 Å². The molecule has 24 heavy (non-hydrogen) atoms. The number of benzene rings is 1. The summed E-state index contributed by atoms with van der Waals surface area (Å²) < 4.78 is 13.1. The molecule has 2 N–H and O–H groups in total. The lowest BCUT2D eigenvalue weighted by Gasteiger charge is -2.22. The Morgan fingerprint density at radius 3 is 2.62 bits per heavy atom. The number of carbonyl (C=O) groups is 1. The fraction of sp³-hybridized carbons (Fsp3) is 0.389. The molecule has 3 nitrogen and oxygen atoms in total. The fourth-order valence-corrected chi connectivity index (χ4v) is 4.03. The molecule has 2 heterocycles. The molecule has 130 valence electrons. The molecule has 0 spiro atoms. The van der Waals surface area contributed by atoms with E-state index in [4.69, 9.17) is 5.73 Å². The smallest absolute Gasteiger partial charge is 0.263 e. The first-order valence-electron chi connectivity index (χ1n) is 7.78. The third kappa shape index (κ3) is 3.63. The molecule has 0 bridgehead atoms. The highest BCUT2D eigenvalue weighted by molar-refractivity contribution is 7.14. The monoisotopic (exact) mass is 368 g/mol. The van der Waals surface area contributed by atoms with Gasteiger partial charge in [-0.05, 0) is 54.6 Å². The molecule has 2 aromatic rings. The number of hydrogen-bond acceptors (Lipinski definition) is 3. The summed E-state index contributed by atoms with van der Waals surface area (Å²) in [5, 5.41) is 0. The minimum Gasteiger partial charge on any atom is -0.337 e. The van der Waals surface area contributed by atoms with E-state index in [1.54, 1.807) is 12.1 Å². The summed E-state index contributed by atoms with van der Waals surface area (Å²) in [6.07, 6.45) is 0.949. The van der Waals surface area contributed by atoms with Gasteiger partial charge in [-0.15, -0.1) is 23.7 Å². The number of amides is 1. The first-order chi connectivity index (χ1) is 10.9. The molecule has 0 aliphatic carbocycles. The van der Waals surface area contributed by atoms with Gasteiger partial charge in [-0.1, -0.05) is 19.1 Å². The Balaban J connectivity index is 0.00000208. The van der Waals surface area contributed by atoms with Gasteiger partial charge in [0, 0.05) is 18.0 Å². The van der Waals surface area contributed by atoms with Gasteiger partial charge in [0.2, 0.25) is 0 Å². The molecular weight excluding hydrogens is 347 g/mol. The molecule has 1 aliphatic rings. The maximum atomic E-state index is 13.1. The Morgan fingerprint density at radius 1 is 1.38 bits per heavy atom. The minimum absolute atomic E-state index is 0. The molecule has 1 amide bonds. The van der Waals surface area contributed by atoms with Crippen molar-refractivity contribution in [1.29, 1.82) is 0 Å². The van der Waals surface area contributed by atoms with Gasteiger partial charge < -0.3 is 10.6 Å². The minimum atomic E-state index is -0.254. The average Bonchev–Trinajstić information content (AvgIpc) is 3.12. The van der Waals surface area contributed by atoms with Crippen LogP contribution in [0.1, 0.15) is 27.9 Å². The Bertz CT molecular complexity index is 731. The largest absolute Gasteiger partial charge is 0.337 e. The number of nitrogens with two attached hydrogens (primary N) is 1. The molecule has 0 radical (unpaired) electrons. The number of carbonyl (C=O) groups excluding carboxylic acids is 1. The van der Waals surface area contributed by atoms with Crippen LogP contribution in [0.5, 0.6) is 0 Å². The zero-order valence-corrected chi connectivity index (χ0v) is 15.5. The number of rotatable bonds is 3. The molecule has 6 heteroatoms. The molecule has 1 atom stereocenters. The lowest BCUT2D eigenvalue weighted by atomic mass is 9.90. The van der Waals surface area contributed by atoms with Gasteiger partial charge in [0.1, 0.15) is 5.82 Å². The number of likely N-dealkylation sites (tertiary alicyclic amines) is 1. The molecule has 1 aromatic heterocycles. The molecular formula is C18H22ClFN2OS. The van der Waals surface area contributed by atoms with Crippen LogP contribution in [-0.4, -0.2) is 30.4 Å². The second-order valence-corrected chi connectivity index (χ2v) is 7.84. The topological polar surface area (TPSA) is 46.3 Å².